The normalized spacial score (nSPS) is 18.4. The zero-order valence-corrected chi connectivity index (χ0v) is 16.7. The largest absolute Gasteiger partial charge is 0.481 e. The Morgan fingerprint density at radius 1 is 1.30 bits per heavy atom. The van der Waals surface area contributed by atoms with Gasteiger partial charge in [0.05, 0.1) is 10.8 Å². The lowest BCUT2D eigenvalue weighted by atomic mass is 9.98. The predicted octanol–water partition coefficient (Wildman–Crippen LogP) is 3.93. The van der Waals surface area contributed by atoms with Crippen LogP contribution in [0.3, 0.4) is 0 Å². The molecule has 2 aromatic rings. The summed E-state index contributed by atoms with van der Waals surface area (Å²) in [7, 11) is 0. The lowest BCUT2D eigenvalue weighted by Crippen LogP contribution is -2.40. The summed E-state index contributed by atoms with van der Waals surface area (Å²) >= 11 is 1.66. The van der Waals surface area contributed by atoms with Gasteiger partial charge >= 0.3 is 5.97 Å². The van der Waals surface area contributed by atoms with Crippen LogP contribution in [-0.4, -0.2) is 47.9 Å². The Kier molecular flexibility index (Phi) is 6.63. The SMILES string of the molecule is Cc1ccccc1/C(=N\OCCN1CCC[C@@H](C(=O)O)C1)c1sccc1C. The number of piperidine rings is 1. The molecule has 0 spiro atoms. The Bertz CT molecular complexity index is 815. The van der Waals surface area contributed by atoms with Gasteiger partial charge < -0.3 is 9.94 Å². The fraction of sp³-hybridized carbons (Fsp3) is 0.429. The number of aryl methyl sites for hydroxylation is 2. The first-order chi connectivity index (χ1) is 13.1. The Morgan fingerprint density at radius 2 is 2.11 bits per heavy atom. The monoisotopic (exact) mass is 386 g/mol. The minimum atomic E-state index is -0.700. The quantitative estimate of drug-likeness (QED) is 0.445. The van der Waals surface area contributed by atoms with Crippen molar-refractivity contribution in [3.8, 4) is 0 Å². The van der Waals surface area contributed by atoms with Crippen molar-refractivity contribution in [2.24, 2.45) is 11.1 Å². The van der Waals surface area contributed by atoms with Gasteiger partial charge in [0.2, 0.25) is 0 Å². The topological polar surface area (TPSA) is 62.1 Å². The van der Waals surface area contributed by atoms with Gasteiger partial charge in [-0.25, -0.2) is 0 Å². The van der Waals surface area contributed by atoms with Gasteiger partial charge in [0, 0.05) is 18.7 Å². The molecule has 1 aliphatic heterocycles. The number of likely N-dealkylation sites (tertiary alicyclic amines) is 1. The smallest absolute Gasteiger partial charge is 0.307 e. The van der Waals surface area contributed by atoms with Crippen molar-refractivity contribution in [3.63, 3.8) is 0 Å². The molecule has 1 atom stereocenters. The first kappa shape index (κ1) is 19.6. The molecular weight excluding hydrogens is 360 g/mol. The molecule has 0 bridgehead atoms. The molecule has 1 aromatic carbocycles. The molecule has 1 N–H and O–H groups in total. The summed E-state index contributed by atoms with van der Waals surface area (Å²) in [5.74, 6) is -0.966. The van der Waals surface area contributed by atoms with Gasteiger partial charge in [-0.2, -0.15) is 0 Å². The zero-order valence-electron chi connectivity index (χ0n) is 15.9. The summed E-state index contributed by atoms with van der Waals surface area (Å²) in [6.45, 7) is 6.82. The van der Waals surface area contributed by atoms with Crippen LogP contribution in [0.25, 0.3) is 0 Å². The molecule has 144 valence electrons. The minimum absolute atomic E-state index is 0.265. The van der Waals surface area contributed by atoms with Crippen LogP contribution < -0.4 is 0 Å². The predicted molar refractivity (Wildman–Crippen MR) is 109 cm³/mol. The second-order valence-corrected chi connectivity index (χ2v) is 7.91. The second kappa shape index (κ2) is 9.15. The van der Waals surface area contributed by atoms with Crippen molar-refractivity contribution >= 4 is 23.0 Å². The maximum Gasteiger partial charge on any atom is 0.307 e. The number of hydrogen-bond donors (Lipinski definition) is 1. The molecule has 0 saturated carbocycles. The van der Waals surface area contributed by atoms with E-state index < -0.39 is 5.97 Å². The molecule has 0 amide bonds. The first-order valence-corrected chi connectivity index (χ1v) is 10.2. The summed E-state index contributed by atoms with van der Waals surface area (Å²) < 4.78 is 0. The molecule has 27 heavy (non-hydrogen) atoms. The fourth-order valence-electron chi connectivity index (χ4n) is 3.41. The van der Waals surface area contributed by atoms with E-state index in [0.29, 0.717) is 19.7 Å². The molecule has 0 unspecified atom stereocenters. The van der Waals surface area contributed by atoms with Crippen LogP contribution in [0.15, 0.2) is 40.9 Å². The third-order valence-electron chi connectivity index (χ3n) is 4.99. The van der Waals surface area contributed by atoms with Crippen LogP contribution in [-0.2, 0) is 9.63 Å². The average Bonchev–Trinajstić information content (AvgIpc) is 3.09. The van der Waals surface area contributed by atoms with Crippen LogP contribution in [0.2, 0.25) is 0 Å². The summed E-state index contributed by atoms with van der Waals surface area (Å²) in [6, 6.07) is 10.3. The number of hydrogen-bond acceptors (Lipinski definition) is 5. The lowest BCUT2D eigenvalue weighted by molar-refractivity contribution is -0.143. The Labute approximate surface area is 164 Å². The molecule has 1 fully saturated rings. The standard InChI is InChI=1S/C21H26N2O3S/c1-15-6-3-4-8-18(15)19(20-16(2)9-13-27-20)22-26-12-11-23-10-5-7-17(14-23)21(24)25/h3-4,6,8-9,13,17H,5,7,10-12,14H2,1-2H3,(H,24,25)/b22-19+/t17-/m1/s1. The summed E-state index contributed by atoms with van der Waals surface area (Å²) in [5.41, 5.74) is 4.29. The second-order valence-electron chi connectivity index (χ2n) is 7.00. The molecule has 5 nitrogen and oxygen atoms in total. The van der Waals surface area contributed by atoms with Crippen molar-refractivity contribution in [2.45, 2.75) is 26.7 Å². The van der Waals surface area contributed by atoms with Gasteiger partial charge in [-0.15, -0.1) is 11.3 Å². The van der Waals surface area contributed by atoms with E-state index in [1.165, 1.54) is 5.56 Å². The van der Waals surface area contributed by atoms with Gasteiger partial charge in [0.15, 0.2) is 0 Å². The molecule has 1 aromatic heterocycles. The van der Waals surface area contributed by atoms with Gasteiger partial charge in [-0.05, 0) is 55.8 Å². The van der Waals surface area contributed by atoms with Gasteiger partial charge in [0.1, 0.15) is 12.3 Å². The van der Waals surface area contributed by atoms with Gasteiger partial charge in [-0.3, -0.25) is 9.69 Å². The number of rotatable bonds is 7. The number of oxime groups is 1. The van der Waals surface area contributed by atoms with E-state index >= 15 is 0 Å². The fourth-order valence-corrected chi connectivity index (χ4v) is 4.33. The summed E-state index contributed by atoms with van der Waals surface area (Å²) in [4.78, 5) is 20.2. The third-order valence-corrected chi connectivity index (χ3v) is 6.01. The highest BCUT2D eigenvalue weighted by Crippen LogP contribution is 2.23. The van der Waals surface area contributed by atoms with Gasteiger partial charge in [0.25, 0.3) is 0 Å². The van der Waals surface area contributed by atoms with Crippen molar-refractivity contribution in [3.05, 3.63) is 57.3 Å². The van der Waals surface area contributed by atoms with Crippen molar-refractivity contribution in [2.75, 3.05) is 26.2 Å². The Morgan fingerprint density at radius 3 is 2.81 bits per heavy atom. The van der Waals surface area contributed by atoms with E-state index in [0.717, 1.165) is 41.1 Å². The highest BCUT2D eigenvalue weighted by molar-refractivity contribution is 7.12. The Hall–Kier alpha value is -2.18. The van der Waals surface area contributed by atoms with Gasteiger partial charge in [-0.1, -0.05) is 29.4 Å². The molecule has 2 heterocycles. The Balaban J connectivity index is 1.67. The average molecular weight is 387 g/mol. The highest BCUT2D eigenvalue weighted by Gasteiger charge is 2.25. The zero-order chi connectivity index (χ0) is 19.2. The number of benzene rings is 1. The summed E-state index contributed by atoms with van der Waals surface area (Å²) in [5, 5.41) is 15.8. The molecule has 1 aliphatic rings. The van der Waals surface area contributed by atoms with E-state index in [1.54, 1.807) is 11.3 Å². The van der Waals surface area contributed by atoms with E-state index in [1.807, 2.05) is 12.1 Å². The van der Waals surface area contributed by atoms with Crippen LogP contribution >= 0.6 is 11.3 Å². The molecule has 0 aliphatic carbocycles. The van der Waals surface area contributed by atoms with E-state index in [4.69, 9.17) is 4.84 Å². The molecule has 6 heteroatoms. The number of aliphatic carboxylic acids is 1. The first-order valence-electron chi connectivity index (χ1n) is 9.32. The maximum absolute atomic E-state index is 11.2. The summed E-state index contributed by atoms with van der Waals surface area (Å²) in [6.07, 6.45) is 1.68. The van der Waals surface area contributed by atoms with E-state index in [2.05, 4.69) is 47.5 Å². The van der Waals surface area contributed by atoms with E-state index in [-0.39, 0.29) is 5.92 Å². The lowest BCUT2D eigenvalue weighted by Gasteiger charge is -2.29. The minimum Gasteiger partial charge on any atom is -0.481 e. The number of carboxylic acids is 1. The van der Waals surface area contributed by atoms with Crippen LogP contribution in [0, 0.1) is 19.8 Å². The van der Waals surface area contributed by atoms with Crippen LogP contribution in [0.5, 0.6) is 0 Å². The number of carboxylic acid groups (broad SMARTS) is 1. The highest BCUT2D eigenvalue weighted by atomic mass is 32.1. The molecule has 3 rings (SSSR count). The van der Waals surface area contributed by atoms with Crippen LogP contribution in [0.1, 0.15) is 34.4 Å². The van der Waals surface area contributed by atoms with E-state index in [9.17, 15) is 9.90 Å². The number of nitrogens with zero attached hydrogens (tertiary/aromatic N) is 2. The van der Waals surface area contributed by atoms with Crippen molar-refractivity contribution in [1.29, 1.82) is 0 Å². The maximum atomic E-state index is 11.2. The molecular formula is C21H26N2O3S. The molecule has 0 radical (unpaired) electrons. The van der Waals surface area contributed by atoms with Crippen molar-refractivity contribution in [1.82, 2.24) is 4.90 Å². The van der Waals surface area contributed by atoms with Crippen LogP contribution in [0.4, 0.5) is 0 Å². The van der Waals surface area contributed by atoms with Crippen molar-refractivity contribution < 1.29 is 14.7 Å². The number of thiophene rings is 1. The third kappa shape index (κ3) is 4.96. The molecule has 1 saturated heterocycles. The number of carbonyl (C=O) groups is 1.